The van der Waals surface area contributed by atoms with E-state index in [2.05, 4.69) is 5.32 Å². The van der Waals surface area contributed by atoms with Gasteiger partial charge in [0, 0.05) is 38.8 Å². The molecule has 1 unspecified atom stereocenters. The van der Waals surface area contributed by atoms with Crippen LogP contribution in [0.4, 0.5) is 0 Å². The number of rotatable bonds is 6. The van der Waals surface area contributed by atoms with Crippen molar-refractivity contribution in [1.82, 2.24) is 14.5 Å². The smallest absolute Gasteiger partial charge is 0.253 e. The number of carbonyl (C=O) groups is 1. The molecule has 1 aromatic carbocycles. The van der Waals surface area contributed by atoms with E-state index in [1.807, 2.05) is 6.92 Å². The summed E-state index contributed by atoms with van der Waals surface area (Å²) in [6, 6.07) is 6.28. The van der Waals surface area contributed by atoms with Crippen LogP contribution in [0.25, 0.3) is 0 Å². The Balaban J connectivity index is 0.00000288. The number of sulfonamides is 1. The standard InChI is InChI=1S/C16H25N3O3S.ClH/c1-4-10-19(14-8-9-17-12-14)23(21,22)15-7-5-6-13(11-15)16(20)18(2)3;/h5-7,11,14,17H,4,8-10,12H2,1-3H3;1H. The molecule has 6 nitrogen and oxygen atoms in total. The predicted octanol–water partition coefficient (Wildman–Crippen LogP) is 1.57. The van der Waals surface area contributed by atoms with Crippen LogP contribution in [0.2, 0.25) is 0 Å². The maximum atomic E-state index is 13.0. The molecule has 1 atom stereocenters. The van der Waals surface area contributed by atoms with E-state index >= 15 is 0 Å². The Hall–Kier alpha value is -1.15. The van der Waals surface area contributed by atoms with Gasteiger partial charge in [-0.15, -0.1) is 12.4 Å². The van der Waals surface area contributed by atoms with Gasteiger partial charge in [-0.1, -0.05) is 13.0 Å². The summed E-state index contributed by atoms with van der Waals surface area (Å²) in [4.78, 5) is 13.7. The summed E-state index contributed by atoms with van der Waals surface area (Å²) < 4.78 is 27.6. The van der Waals surface area contributed by atoms with Crippen molar-refractivity contribution in [1.29, 1.82) is 0 Å². The molecular formula is C16H26ClN3O3S. The maximum Gasteiger partial charge on any atom is 0.253 e. The Morgan fingerprint density at radius 3 is 2.58 bits per heavy atom. The Bertz CT molecular complexity index is 658. The summed E-state index contributed by atoms with van der Waals surface area (Å²) in [5.41, 5.74) is 0.386. The lowest BCUT2D eigenvalue weighted by Crippen LogP contribution is -2.42. The molecule has 1 aromatic rings. The van der Waals surface area contributed by atoms with Gasteiger partial charge in [0.25, 0.3) is 5.91 Å². The van der Waals surface area contributed by atoms with Crippen LogP contribution in [0.5, 0.6) is 0 Å². The minimum absolute atomic E-state index is 0. The average molecular weight is 376 g/mol. The van der Waals surface area contributed by atoms with Crippen molar-refractivity contribution < 1.29 is 13.2 Å². The molecule has 1 aliphatic rings. The third-order valence-corrected chi connectivity index (χ3v) is 5.93. The van der Waals surface area contributed by atoms with Gasteiger partial charge in [0.05, 0.1) is 4.90 Å². The molecule has 0 saturated carbocycles. The highest BCUT2D eigenvalue weighted by molar-refractivity contribution is 7.89. The summed E-state index contributed by atoms with van der Waals surface area (Å²) in [6.07, 6.45) is 1.57. The lowest BCUT2D eigenvalue weighted by atomic mass is 10.2. The largest absolute Gasteiger partial charge is 0.345 e. The van der Waals surface area contributed by atoms with Crippen molar-refractivity contribution in [3.8, 4) is 0 Å². The summed E-state index contributed by atoms with van der Waals surface area (Å²) >= 11 is 0. The first kappa shape index (κ1) is 20.9. The predicted molar refractivity (Wildman–Crippen MR) is 97.2 cm³/mol. The molecule has 0 aromatic heterocycles. The molecule has 1 amide bonds. The Labute approximate surface area is 150 Å². The molecule has 0 aliphatic carbocycles. The van der Waals surface area contributed by atoms with Crippen LogP contribution < -0.4 is 5.32 Å². The molecule has 24 heavy (non-hydrogen) atoms. The average Bonchev–Trinajstić information content (AvgIpc) is 3.05. The van der Waals surface area contributed by atoms with E-state index in [1.165, 1.54) is 11.0 Å². The van der Waals surface area contributed by atoms with Crippen LogP contribution >= 0.6 is 12.4 Å². The third kappa shape index (κ3) is 4.47. The molecule has 0 radical (unpaired) electrons. The van der Waals surface area contributed by atoms with Crippen molar-refractivity contribution in [2.24, 2.45) is 0 Å². The normalized spacial score (nSPS) is 17.6. The van der Waals surface area contributed by atoms with Gasteiger partial charge in [-0.2, -0.15) is 4.31 Å². The van der Waals surface area contributed by atoms with E-state index in [0.717, 1.165) is 19.4 Å². The number of nitrogens with one attached hydrogen (secondary N) is 1. The number of hydrogen-bond donors (Lipinski definition) is 1. The van der Waals surface area contributed by atoms with Gasteiger partial charge in [-0.3, -0.25) is 4.79 Å². The SMILES string of the molecule is CCCN(C1CCNC1)S(=O)(=O)c1cccc(C(=O)N(C)C)c1.Cl. The number of benzene rings is 1. The number of carbonyl (C=O) groups excluding carboxylic acids is 1. The van der Waals surface area contributed by atoms with Crippen LogP contribution in [0.3, 0.4) is 0 Å². The molecule has 1 saturated heterocycles. The van der Waals surface area contributed by atoms with Crippen molar-refractivity contribution in [3.63, 3.8) is 0 Å². The molecule has 0 spiro atoms. The number of halogens is 1. The zero-order valence-corrected chi connectivity index (χ0v) is 16.0. The Kier molecular flexibility index (Phi) is 7.66. The topological polar surface area (TPSA) is 69.7 Å². The number of hydrogen-bond acceptors (Lipinski definition) is 4. The van der Waals surface area contributed by atoms with Crippen molar-refractivity contribution >= 4 is 28.3 Å². The van der Waals surface area contributed by atoms with Crippen LogP contribution in [0.15, 0.2) is 29.2 Å². The number of amides is 1. The van der Waals surface area contributed by atoms with E-state index in [9.17, 15) is 13.2 Å². The van der Waals surface area contributed by atoms with E-state index in [1.54, 1.807) is 36.6 Å². The second kappa shape index (κ2) is 8.80. The molecule has 1 heterocycles. The van der Waals surface area contributed by atoms with Crippen LogP contribution in [-0.4, -0.2) is 63.3 Å². The van der Waals surface area contributed by atoms with Gasteiger partial charge in [0.1, 0.15) is 0 Å². The van der Waals surface area contributed by atoms with Crippen LogP contribution in [0, 0.1) is 0 Å². The van der Waals surface area contributed by atoms with E-state index in [4.69, 9.17) is 0 Å². The fourth-order valence-electron chi connectivity index (χ4n) is 2.79. The fourth-order valence-corrected chi connectivity index (χ4v) is 4.58. The van der Waals surface area contributed by atoms with Gasteiger partial charge in [0.15, 0.2) is 0 Å². The molecule has 1 aliphatic heterocycles. The zero-order valence-electron chi connectivity index (χ0n) is 14.4. The summed E-state index contributed by atoms with van der Waals surface area (Å²) in [5, 5.41) is 3.21. The maximum absolute atomic E-state index is 13.0. The molecule has 0 bridgehead atoms. The third-order valence-electron chi connectivity index (χ3n) is 3.98. The van der Waals surface area contributed by atoms with Crippen molar-refractivity contribution in [3.05, 3.63) is 29.8 Å². The lowest BCUT2D eigenvalue weighted by Gasteiger charge is -2.27. The van der Waals surface area contributed by atoms with Gasteiger partial charge in [0.2, 0.25) is 10.0 Å². The quantitative estimate of drug-likeness (QED) is 0.819. The molecule has 2 rings (SSSR count). The highest BCUT2D eigenvalue weighted by Gasteiger charge is 2.32. The van der Waals surface area contributed by atoms with Crippen molar-refractivity contribution in [2.75, 3.05) is 33.7 Å². The first-order valence-electron chi connectivity index (χ1n) is 7.92. The first-order chi connectivity index (χ1) is 10.9. The van der Waals surface area contributed by atoms with E-state index in [-0.39, 0.29) is 29.3 Å². The fraction of sp³-hybridized carbons (Fsp3) is 0.562. The molecular weight excluding hydrogens is 350 g/mol. The van der Waals surface area contributed by atoms with Crippen LogP contribution in [0.1, 0.15) is 30.1 Å². The monoisotopic (exact) mass is 375 g/mol. The van der Waals surface area contributed by atoms with Gasteiger partial charge >= 0.3 is 0 Å². The van der Waals surface area contributed by atoms with Crippen molar-refractivity contribution in [2.45, 2.75) is 30.7 Å². The zero-order chi connectivity index (χ0) is 17.0. The second-order valence-corrected chi connectivity index (χ2v) is 7.88. The van der Waals surface area contributed by atoms with E-state index in [0.29, 0.717) is 18.7 Å². The second-order valence-electron chi connectivity index (χ2n) is 5.99. The highest BCUT2D eigenvalue weighted by Crippen LogP contribution is 2.22. The summed E-state index contributed by atoms with van der Waals surface area (Å²) in [5.74, 6) is -0.202. The molecule has 8 heteroatoms. The summed E-state index contributed by atoms with van der Waals surface area (Å²) in [6.45, 7) is 3.96. The molecule has 1 N–H and O–H groups in total. The minimum atomic E-state index is -3.61. The molecule has 136 valence electrons. The Morgan fingerprint density at radius 1 is 1.33 bits per heavy atom. The minimum Gasteiger partial charge on any atom is -0.345 e. The van der Waals surface area contributed by atoms with Gasteiger partial charge in [-0.25, -0.2) is 8.42 Å². The highest BCUT2D eigenvalue weighted by atomic mass is 35.5. The summed E-state index contributed by atoms with van der Waals surface area (Å²) in [7, 11) is -0.306. The first-order valence-corrected chi connectivity index (χ1v) is 9.36. The Morgan fingerprint density at radius 2 is 2.04 bits per heavy atom. The van der Waals surface area contributed by atoms with Crippen LogP contribution in [-0.2, 0) is 10.0 Å². The van der Waals surface area contributed by atoms with Gasteiger partial charge in [-0.05, 0) is 37.6 Å². The van der Waals surface area contributed by atoms with Gasteiger partial charge < -0.3 is 10.2 Å². The lowest BCUT2D eigenvalue weighted by molar-refractivity contribution is 0.0827. The molecule has 1 fully saturated rings. The van der Waals surface area contributed by atoms with E-state index < -0.39 is 10.0 Å². The number of nitrogens with zero attached hydrogens (tertiary/aromatic N) is 2.